The van der Waals surface area contributed by atoms with Crippen LogP contribution in [0.2, 0.25) is 0 Å². The maximum Gasteiger partial charge on any atom is 0.243 e. The Morgan fingerprint density at radius 3 is 2.75 bits per heavy atom. The second-order valence-corrected chi connectivity index (χ2v) is 5.86. The Morgan fingerprint density at radius 2 is 2.05 bits per heavy atom. The van der Waals surface area contributed by atoms with Gasteiger partial charge in [-0.15, -0.1) is 0 Å². The third kappa shape index (κ3) is 5.17. The van der Waals surface area contributed by atoms with Crippen LogP contribution in [0.4, 0.5) is 0 Å². The minimum Gasteiger partial charge on any atom is -0.352 e. The number of likely N-dealkylation sites (N-methyl/N-ethyl adjacent to an activating group) is 1. The first-order chi connectivity index (χ1) is 9.65. The molecule has 0 bridgehead atoms. The maximum atomic E-state index is 11.6. The lowest BCUT2D eigenvalue weighted by Gasteiger charge is -2.04. The Morgan fingerprint density at radius 1 is 1.30 bits per heavy atom. The molecular formula is C17H24N2O. The van der Waals surface area contributed by atoms with E-state index in [4.69, 9.17) is 0 Å². The fourth-order valence-corrected chi connectivity index (χ4v) is 2.39. The Balaban J connectivity index is 1.62. The van der Waals surface area contributed by atoms with E-state index in [0.717, 1.165) is 25.4 Å². The lowest BCUT2D eigenvalue weighted by atomic mass is 10.1. The summed E-state index contributed by atoms with van der Waals surface area (Å²) >= 11 is 0. The number of benzene rings is 1. The van der Waals surface area contributed by atoms with Crippen LogP contribution in [0.5, 0.6) is 0 Å². The van der Waals surface area contributed by atoms with Crippen LogP contribution < -0.4 is 5.32 Å². The van der Waals surface area contributed by atoms with Crippen molar-refractivity contribution in [1.82, 2.24) is 10.2 Å². The molecule has 0 heterocycles. The molecule has 3 nitrogen and oxygen atoms in total. The monoisotopic (exact) mass is 272 g/mol. The number of hydrogen-bond acceptors (Lipinski definition) is 2. The number of nitrogens with zero attached hydrogens (tertiary/aromatic N) is 1. The fourth-order valence-electron chi connectivity index (χ4n) is 2.39. The summed E-state index contributed by atoms with van der Waals surface area (Å²) in [7, 11) is 3.97. The zero-order valence-electron chi connectivity index (χ0n) is 12.4. The zero-order valence-corrected chi connectivity index (χ0v) is 12.4. The summed E-state index contributed by atoms with van der Waals surface area (Å²) < 4.78 is 0. The molecule has 0 aromatic heterocycles. The quantitative estimate of drug-likeness (QED) is 0.771. The molecule has 3 heteroatoms. The van der Waals surface area contributed by atoms with E-state index in [1.54, 1.807) is 6.08 Å². The highest BCUT2D eigenvalue weighted by Gasteiger charge is 2.36. The predicted molar refractivity (Wildman–Crippen MR) is 82.4 cm³/mol. The van der Waals surface area contributed by atoms with Crippen molar-refractivity contribution in [2.24, 2.45) is 11.8 Å². The van der Waals surface area contributed by atoms with E-state index in [2.05, 4.69) is 29.6 Å². The van der Waals surface area contributed by atoms with Gasteiger partial charge in [0.05, 0.1) is 0 Å². The second-order valence-electron chi connectivity index (χ2n) is 5.86. The van der Waals surface area contributed by atoms with Crippen molar-refractivity contribution < 1.29 is 4.79 Å². The molecule has 1 amide bonds. The van der Waals surface area contributed by atoms with Crippen molar-refractivity contribution in [2.45, 2.75) is 12.8 Å². The predicted octanol–water partition coefficient (Wildman–Crippen LogP) is 2.10. The smallest absolute Gasteiger partial charge is 0.243 e. The molecule has 1 aliphatic carbocycles. The summed E-state index contributed by atoms with van der Waals surface area (Å²) in [5.74, 6) is 1.42. The molecule has 1 N–H and O–H groups in total. The summed E-state index contributed by atoms with van der Waals surface area (Å²) in [5.41, 5.74) is 1.40. The average molecular weight is 272 g/mol. The number of rotatable bonds is 7. The highest BCUT2D eigenvalue weighted by atomic mass is 16.1. The van der Waals surface area contributed by atoms with E-state index >= 15 is 0 Å². The van der Waals surface area contributed by atoms with Gasteiger partial charge in [0.15, 0.2) is 0 Å². The number of carbonyl (C=O) groups is 1. The Labute approximate surface area is 121 Å². The Hall–Kier alpha value is -1.61. The summed E-state index contributed by atoms with van der Waals surface area (Å²) in [6, 6.07) is 10.6. The lowest BCUT2D eigenvalue weighted by Crippen LogP contribution is -2.24. The normalized spacial score (nSPS) is 21.4. The van der Waals surface area contributed by atoms with Crippen molar-refractivity contribution in [1.29, 1.82) is 0 Å². The SMILES string of the molecule is CN(C)C/C=C/C(=O)NCC1CC1Cc1ccccc1. The van der Waals surface area contributed by atoms with Crippen LogP contribution in [-0.4, -0.2) is 38.0 Å². The molecule has 0 radical (unpaired) electrons. The van der Waals surface area contributed by atoms with E-state index in [0.29, 0.717) is 5.92 Å². The Bertz CT molecular complexity index is 453. The molecule has 2 rings (SSSR count). The molecule has 1 aromatic carbocycles. The third-order valence-corrected chi connectivity index (χ3v) is 3.69. The molecule has 1 saturated carbocycles. The van der Waals surface area contributed by atoms with Crippen molar-refractivity contribution >= 4 is 5.91 Å². The molecule has 108 valence electrons. The van der Waals surface area contributed by atoms with Crippen LogP contribution in [0.1, 0.15) is 12.0 Å². The second kappa shape index (κ2) is 7.25. The first-order valence-corrected chi connectivity index (χ1v) is 7.28. The molecule has 0 saturated heterocycles. The van der Waals surface area contributed by atoms with Crippen LogP contribution in [0.3, 0.4) is 0 Å². The summed E-state index contributed by atoms with van der Waals surface area (Å²) in [6.45, 7) is 1.61. The molecule has 1 aromatic rings. The minimum atomic E-state index is 0.0252. The van der Waals surface area contributed by atoms with Gasteiger partial charge in [-0.3, -0.25) is 4.79 Å². The average Bonchev–Trinajstić information content (AvgIpc) is 3.15. The van der Waals surface area contributed by atoms with Crippen LogP contribution in [0.25, 0.3) is 0 Å². The molecule has 0 spiro atoms. The van der Waals surface area contributed by atoms with Gasteiger partial charge in [-0.2, -0.15) is 0 Å². The van der Waals surface area contributed by atoms with Gasteiger partial charge in [0.2, 0.25) is 5.91 Å². The molecule has 1 fully saturated rings. The molecular weight excluding hydrogens is 248 g/mol. The maximum absolute atomic E-state index is 11.6. The van der Waals surface area contributed by atoms with E-state index < -0.39 is 0 Å². The first kappa shape index (κ1) is 14.8. The lowest BCUT2D eigenvalue weighted by molar-refractivity contribution is -0.116. The molecule has 0 aliphatic heterocycles. The topological polar surface area (TPSA) is 32.3 Å². The van der Waals surface area contributed by atoms with Crippen LogP contribution in [0.15, 0.2) is 42.5 Å². The van der Waals surface area contributed by atoms with Crippen molar-refractivity contribution in [2.75, 3.05) is 27.2 Å². The van der Waals surface area contributed by atoms with Gasteiger partial charge < -0.3 is 10.2 Å². The van der Waals surface area contributed by atoms with Crippen LogP contribution in [0, 0.1) is 11.8 Å². The molecule has 2 atom stereocenters. The highest BCUT2D eigenvalue weighted by molar-refractivity contribution is 5.87. The fraction of sp³-hybridized carbons (Fsp3) is 0.471. The van der Waals surface area contributed by atoms with Crippen LogP contribution >= 0.6 is 0 Å². The molecule has 20 heavy (non-hydrogen) atoms. The van der Waals surface area contributed by atoms with Gasteiger partial charge in [0.25, 0.3) is 0 Å². The number of hydrogen-bond donors (Lipinski definition) is 1. The largest absolute Gasteiger partial charge is 0.352 e. The summed E-state index contributed by atoms with van der Waals surface area (Å²) in [4.78, 5) is 13.6. The number of amides is 1. The summed E-state index contributed by atoms with van der Waals surface area (Å²) in [6.07, 6.45) is 5.90. The summed E-state index contributed by atoms with van der Waals surface area (Å²) in [5, 5.41) is 2.99. The molecule has 2 unspecified atom stereocenters. The van der Waals surface area contributed by atoms with Gasteiger partial charge in [-0.05, 0) is 44.3 Å². The van der Waals surface area contributed by atoms with Crippen molar-refractivity contribution in [3.63, 3.8) is 0 Å². The minimum absolute atomic E-state index is 0.0252. The first-order valence-electron chi connectivity index (χ1n) is 7.28. The van der Waals surface area contributed by atoms with E-state index in [1.165, 1.54) is 12.0 Å². The van der Waals surface area contributed by atoms with Gasteiger partial charge >= 0.3 is 0 Å². The third-order valence-electron chi connectivity index (χ3n) is 3.69. The zero-order chi connectivity index (χ0) is 14.4. The van der Waals surface area contributed by atoms with E-state index in [9.17, 15) is 4.79 Å². The van der Waals surface area contributed by atoms with Crippen molar-refractivity contribution in [3.8, 4) is 0 Å². The van der Waals surface area contributed by atoms with Crippen LogP contribution in [-0.2, 0) is 11.2 Å². The number of carbonyl (C=O) groups excluding carboxylic acids is 1. The number of nitrogens with one attached hydrogen (secondary N) is 1. The van der Waals surface area contributed by atoms with E-state index in [-0.39, 0.29) is 5.91 Å². The van der Waals surface area contributed by atoms with Gasteiger partial charge in [0.1, 0.15) is 0 Å². The Kier molecular flexibility index (Phi) is 5.36. The highest BCUT2D eigenvalue weighted by Crippen LogP contribution is 2.40. The molecule has 1 aliphatic rings. The van der Waals surface area contributed by atoms with Gasteiger partial charge in [-0.1, -0.05) is 36.4 Å². The van der Waals surface area contributed by atoms with Crippen molar-refractivity contribution in [3.05, 3.63) is 48.0 Å². The standard InChI is InChI=1S/C17H24N2O/c1-19(2)10-6-9-17(20)18-13-16-12-15(16)11-14-7-4-3-5-8-14/h3-9,15-16H,10-13H2,1-2H3,(H,18,20)/b9-6+. The van der Waals surface area contributed by atoms with Gasteiger partial charge in [-0.25, -0.2) is 0 Å². The van der Waals surface area contributed by atoms with Gasteiger partial charge in [0, 0.05) is 19.2 Å². The van der Waals surface area contributed by atoms with E-state index in [1.807, 2.05) is 31.1 Å².